The minimum atomic E-state index is -0.221. The lowest BCUT2D eigenvalue weighted by Gasteiger charge is -2.06. The standard InChI is InChI=1S/C12H16BrNO2/c1-2-3-4-7-14-12(16)10-6-5-9(13)8-11(10)15/h5-6,8,15H,2-4,7H2,1H3,(H,14,16). The average molecular weight is 286 g/mol. The van der Waals surface area contributed by atoms with Crippen molar-refractivity contribution in [3.05, 3.63) is 28.2 Å². The number of hydrogen-bond donors (Lipinski definition) is 2. The normalized spacial score (nSPS) is 10.1. The molecule has 0 aromatic heterocycles. The van der Waals surface area contributed by atoms with Gasteiger partial charge in [-0.2, -0.15) is 0 Å². The van der Waals surface area contributed by atoms with E-state index in [2.05, 4.69) is 28.2 Å². The van der Waals surface area contributed by atoms with Crippen molar-refractivity contribution in [2.24, 2.45) is 0 Å². The highest BCUT2D eigenvalue weighted by Crippen LogP contribution is 2.21. The number of benzene rings is 1. The number of halogens is 1. The Morgan fingerprint density at radius 1 is 1.44 bits per heavy atom. The number of carbonyl (C=O) groups excluding carboxylic acids is 1. The summed E-state index contributed by atoms with van der Waals surface area (Å²) in [6, 6.07) is 4.86. The van der Waals surface area contributed by atoms with E-state index in [4.69, 9.17) is 0 Å². The molecular formula is C12H16BrNO2. The molecule has 1 amide bonds. The Labute approximate surface area is 104 Å². The minimum Gasteiger partial charge on any atom is -0.507 e. The molecule has 0 heterocycles. The van der Waals surface area contributed by atoms with Crippen molar-refractivity contribution >= 4 is 21.8 Å². The number of hydrogen-bond acceptors (Lipinski definition) is 2. The number of phenols is 1. The van der Waals surface area contributed by atoms with E-state index in [1.807, 2.05) is 0 Å². The Morgan fingerprint density at radius 3 is 2.81 bits per heavy atom. The van der Waals surface area contributed by atoms with Crippen LogP contribution in [0.2, 0.25) is 0 Å². The van der Waals surface area contributed by atoms with Crippen LogP contribution in [0, 0.1) is 0 Å². The van der Waals surface area contributed by atoms with Crippen molar-refractivity contribution in [3.63, 3.8) is 0 Å². The molecule has 0 unspecified atom stereocenters. The lowest BCUT2D eigenvalue weighted by atomic mass is 10.2. The second-order valence-electron chi connectivity index (χ2n) is 3.62. The van der Waals surface area contributed by atoms with Crippen molar-refractivity contribution < 1.29 is 9.90 Å². The first-order chi connectivity index (χ1) is 7.65. The van der Waals surface area contributed by atoms with Crippen LogP contribution in [0.1, 0.15) is 36.5 Å². The van der Waals surface area contributed by atoms with Gasteiger partial charge in [-0.05, 0) is 24.6 Å². The van der Waals surface area contributed by atoms with Gasteiger partial charge in [0.2, 0.25) is 0 Å². The van der Waals surface area contributed by atoms with Crippen LogP contribution < -0.4 is 5.32 Å². The average Bonchev–Trinajstić information content (AvgIpc) is 2.24. The summed E-state index contributed by atoms with van der Waals surface area (Å²) in [7, 11) is 0. The number of carbonyl (C=O) groups is 1. The van der Waals surface area contributed by atoms with Gasteiger partial charge in [0.05, 0.1) is 5.56 Å². The van der Waals surface area contributed by atoms with Gasteiger partial charge in [-0.15, -0.1) is 0 Å². The summed E-state index contributed by atoms with van der Waals surface area (Å²) in [5.74, 6) is -0.219. The zero-order valence-corrected chi connectivity index (χ0v) is 10.9. The van der Waals surface area contributed by atoms with Crippen molar-refractivity contribution in [2.45, 2.75) is 26.2 Å². The van der Waals surface area contributed by atoms with E-state index in [9.17, 15) is 9.90 Å². The highest BCUT2D eigenvalue weighted by atomic mass is 79.9. The van der Waals surface area contributed by atoms with Gasteiger partial charge in [0.15, 0.2) is 0 Å². The molecule has 0 saturated heterocycles. The van der Waals surface area contributed by atoms with E-state index in [1.54, 1.807) is 12.1 Å². The molecule has 0 aliphatic heterocycles. The molecule has 1 rings (SSSR count). The van der Waals surface area contributed by atoms with Gasteiger partial charge in [-0.3, -0.25) is 4.79 Å². The third-order valence-electron chi connectivity index (χ3n) is 2.27. The zero-order valence-electron chi connectivity index (χ0n) is 9.29. The summed E-state index contributed by atoms with van der Waals surface area (Å²) < 4.78 is 0.757. The van der Waals surface area contributed by atoms with E-state index >= 15 is 0 Å². The molecule has 2 N–H and O–H groups in total. The maximum absolute atomic E-state index is 11.7. The Hall–Kier alpha value is -1.03. The molecule has 3 nitrogen and oxygen atoms in total. The van der Waals surface area contributed by atoms with E-state index in [0.29, 0.717) is 12.1 Å². The Morgan fingerprint density at radius 2 is 2.19 bits per heavy atom. The molecule has 1 aromatic carbocycles. The van der Waals surface area contributed by atoms with Crippen molar-refractivity contribution in [2.75, 3.05) is 6.54 Å². The molecular weight excluding hydrogens is 270 g/mol. The van der Waals surface area contributed by atoms with Crippen LogP contribution >= 0.6 is 15.9 Å². The highest BCUT2D eigenvalue weighted by molar-refractivity contribution is 9.10. The molecule has 4 heteroatoms. The van der Waals surface area contributed by atoms with Gasteiger partial charge < -0.3 is 10.4 Å². The van der Waals surface area contributed by atoms with Crippen LogP contribution in [0.4, 0.5) is 0 Å². The molecule has 0 atom stereocenters. The number of amides is 1. The number of aromatic hydroxyl groups is 1. The first-order valence-corrected chi connectivity index (χ1v) is 6.21. The molecule has 0 bridgehead atoms. The first kappa shape index (κ1) is 13.0. The number of phenolic OH excluding ortho intramolecular Hbond substituents is 1. The third kappa shape index (κ3) is 3.85. The van der Waals surface area contributed by atoms with E-state index in [-0.39, 0.29) is 11.7 Å². The Bertz CT molecular complexity index is 366. The summed E-state index contributed by atoms with van der Waals surface area (Å²) in [6.45, 7) is 2.77. The molecule has 16 heavy (non-hydrogen) atoms. The molecule has 0 aliphatic carbocycles. The van der Waals surface area contributed by atoms with Crippen LogP contribution in [0.25, 0.3) is 0 Å². The van der Waals surface area contributed by atoms with Crippen molar-refractivity contribution in [1.29, 1.82) is 0 Å². The quantitative estimate of drug-likeness (QED) is 0.817. The van der Waals surface area contributed by atoms with Gasteiger partial charge in [-0.1, -0.05) is 35.7 Å². The maximum Gasteiger partial charge on any atom is 0.255 e. The maximum atomic E-state index is 11.7. The Balaban J connectivity index is 2.53. The van der Waals surface area contributed by atoms with E-state index < -0.39 is 0 Å². The summed E-state index contributed by atoms with van der Waals surface area (Å²) in [6.07, 6.45) is 3.20. The fourth-order valence-corrected chi connectivity index (χ4v) is 1.72. The van der Waals surface area contributed by atoms with E-state index in [0.717, 1.165) is 23.7 Å². The SMILES string of the molecule is CCCCCNC(=O)c1ccc(Br)cc1O. The van der Waals surface area contributed by atoms with Gasteiger partial charge in [0, 0.05) is 11.0 Å². The smallest absolute Gasteiger partial charge is 0.255 e. The molecule has 0 radical (unpaired) electrons. The van der Waals surface area contributed by atoms with E-state index in [1.165, 1.54) is 6.07 Å². The largest absolute Gasteiger partial charge is 0.507 e. The fraction of sp³-hybridized carbons (Fsp3) is 0.417. The lowest BCUT2D eigenvalue weighted by molar-refractivity contribution is 0.0950. The fourth-order valence-electron chi connectivity index (χ4n) is 1.37. The van der Waals surface area contributed by atoms with Crippen molar-refractivity contribution in [3.8, 4) is 5.75 Å². The summed E-state index contributed by atoms with van der Waals surface area (Å²) in [4.78, 5) is 11.7. The molecule has 88 valence electrons. The molecule has 0 spiro atoms. The van der Waals surface area contributed by atoms with Crippen LogP contribution in [0.5, 0.6) is 5.75 Å². The summed E-state index contributed by atoms with van der Waals surface area (Å²) >= 11 is 3.23. The van der Waals surface area contributed by atoms with Crippen LogP contribution in [0.3, 0.4) is 0 Å². The topological polar surface area (TPSA) is 49.3 Å². The summed E-state index contributed by atoms with van der Waals surface area (Å²) in [5, 5.41) is 12.4. The first-order valence-electron chi connectivity index (χ1n) is 5.42. The summed E-state index contributed by atoms with van der Waals surface area (Å²) in [5.41, 5.74) is 0.319. The van der Waals surface area contributed by atoms with Gasteiger partial charge >= 0.3 is 0 Å². The minimum absolute atomic E-state index is 0.00219. The van der Waals surface area contributed by atoms with Crippen LogP contribution in [0.15, 0.2) is 22.7 Å². The van der Waals surface area contributed by atoms with Gasteiger partial charge in [0.25, 0.3) is 5.91 Å². The molecule has 0 aliphatic rings. The van der Waals surface area contributed by atoms with Crippen molar-refractivity contribution in [1.82, 2.24) is 5.32 Å². The van der Waals surface area contributed by atoms with Crippen LogP contribution in [-0.2, 0) is 0 Å². The molecule has 1 aromatic rings. The molecule has 0 fully saturated rings. The number of unbranched alkanes of at least 4 members (excludes halogenated alkanes) is 2. The van der Waals surface area contributed by atoms with Gasteiger partial charge in [0.1, 0.15) is 5.75 Å². The Kier molecular flexibility index (Phi) is 5.32. The monoisotopic (exact) mass is 285 g/mol. The predicted molar refractivity (Wildman–Crippen MR) is 67.7 cm³/mol. The third-order valence-corrected chi connectivity index (χ3v) is 2.76. The van der Waals surface area contributed by atoms with Crippen LogP contribution in [-0.4, -0.2) is 17.6 Å². The lowest BCUT2D eigenvalue weighted by Crippen LogP contribution is -2.24. The molecule has 0 saturated carbocycles. The number of nitrogens with one attached hydrogen (secondary N) is 1. The highest BCUT2D eigenvalue weighted by Gasteiger charge is 2.10. The zero-order chi connectivity index (χ0) is 12.0. The second-order valence-corrected chi connectivity index (χ2v) is 4.54. The van der Waals surface area contributed by atoms with Gasteiger partial charge in [-0.25, -0.2) is 0 Å². The second kappa shape index (κ2) is 6.53. The number of rotatable bonds is 5. The predicted octanol–water partition coefficient (Wildman–Crippen LogP) is 3.07.